The van der Waals surface area contributed by atoms with Gasteiger partial charge in [0, 0.05) is 17.1 Å². The number of carbonyl (C=O) groups excluding carboxylic acids is 1. The molecule has 0 spiro atoms. The summed E-state index contributed by atoms with van der Waals surface area (Å²) in [5, 5.41) is 3.22. The first-order valence-electron chi connectivity index (χ1n) is 10.1. The molecule has 3 rings (SSSR count). The highest BCUT2D eigenvalue weighted by Gasteiger charge is 2.34. The number of benzene rings is 2. The van der Waals surface area contributed by atoms with Crippen LogP contribution in [0, 0.1) is 0 Å². The van der Waals surface area contributed by atoms with E-state index >= 15 is 0 Å². The van der Waals surface area contributed by atoms with Crippen molar-refractivity contribution in [2.45, 2.75) is 43.0 Å². The lowest BCUT2D eigenvalue weighted by atomic mass is 9.95. The van der Waals surface area contributed by atoms with Crippen LogP contribution in [0.2, 0.25) is 5.02 Å². The van der Waals surface area contributed by atoms with Crippen molar-refractivity contribution in [1.82, 2.24) is 4.31 Å². The molecule has 0 aromatic heterocycles. The second kappa shape index (κ2) is 10.3. The van der Waals surface area contributed by atoms with Crippen molar-refractivity contribution in [3.05, 3.63) is 47.5 Å². The summed E-state index contributed by atoms with van der Waals surface area (Å²) in [4.78, 5) is 13.0. The van der Waals surface area contributed by atoms with Gasteiger partial charge in [0.15, 0.2) is 0 Å². The maximum atomic E-state index is 13.4. The van der Waals surface area contributed by atoms with Crippen LogP contribution in [-0.4, -0.2) is 45.4 Å². The van der Waals surface area contributed by atoms with Crippen molar-refractivity contribution >= 4 is 33.2 Å². The molecule has 0 saturated heterocycles. The molecule has 168 valence electrons. The van der Waals surface area contributed by atoms with E-state index in [0.717, 1.165) is 32.1 Å². The molecule has 1 aliphatic carbocycles. The lowest BCUT2D eigenvalue weighted by molar-refractivity contribution is -0.116. The Labute approximate surface area is 188 Å². The number of nitrogens with one attached hydrogen (secondary N) is 1. The minimum atomic E-state index is -3.87. The van der Waals surface area contributed by atoms with Crippen LogP contribution < -0.4 is 14.8 Å². The highest BCUT2D eigenvalue weighted by molar-refractivity contribution is 7.89. The van der Waals surface area contributed by atoms with Gasteiger partial charge in [-0.25, -0.2) is 8.42 Å². The Morgan fingerprint density at radius 3 is 2.35 bits per heavy atom. The predicted octanol–water partition coefficient (Wildman–Crippen LogP) is 4.32. The summed E-state index contributed by atoms with van der Waals surface area (Å²) in [5.41, 5.74) is 0.445. The van der Waals surface area contributed by atoms with Gasteiger partial charge in [-0.3, -0.25) is 4.79 Å². The van der Waals surface area contributed by atoms with Crippen LogP contribution in [0.25, 0.3) is 0 Å². The monoisotopic (exact) mass is 466 g/mol. The molecule has 31 heavy (non-hydrogen) atoms. The van der Waals surface area contributed by atoms with Crippen LogP contribution in [0.15, 0.2) is 47.4 Å². The first-order valence-corrected chi connectivity index (χ1v) is 12.0. The second-order valence-electron chi connectivity index (χ2n) is 7.41. The average Bonchev–Trinajstić information content (AvgIpc) is 2.78. The first-order chi connectivity index (χ1) is 14.8. The maximum Gasteiger partial charge on any atom is 0.243 e. The van der Waals surface area contributed by atoms with Gasteiger partial charge in [-0.2, -0.15) is 4.31 Å². The molecule has 7 nitrogen and oxygen atoms in total. The molecular weight excluding hydrogens is 440 g/mol. The zero-order chi connectivity index (χ0) is 22.4. The fourth-order valence-electron chi connectivity index (χ4n) is 3.75. The summed E-state index contributed by atoms with van der Waals surface area (Å²) in [6, 6.07) is 10.8. The number of hydrogen-bond donors (Lipinski definition) is 1. The number of methoxy groups -OCH3 is 2. The van der Waals surface area contributed by atoms with Crippen LogP contribution >= 0.6 is 11.6 Å². The number of amides is 1. The van der Waals surface area contributed by atoms with E-state index in [4.69, 9.17) is 21.1 Å². The summed E-state index contributed by atoms with van der Waals surface area (Å²) in [6.07, 6.45) is 4.40. The first kappa shape index (κ1) is 23.4. The van der Waals surface area contributed by atoms with Crippen LogP contribution in [0.5, 0.6) is 11.5 Å². The largest absolute Gasteiger partial charge is 0.497 e. The summed E-state index contributed by atoms with van der Waals surface area (Å²) in [7, 11) is -0.840. The third-order valence-corrected chi connectivity index (χ3v) is 7.55. The topological polar surface area (TPSA) is 84.9 Å². The van der Waals surface area contributed by atoms with Crippen molar-refractivity contribution < 1.29 is 22.7 Å². The van der Waals surface area contributed by atoms with Crippen molar-refractivity contribution in [2.75, 3.05) is 26.1 Å². The van der Waals surface area contributed by atoms with Gasteiger partial charge < -0.3 is 14.8 Å². The van der Waals surface area contributed by atoms with E-state index in [-0.39, 0.29) is 17.5 Å². The molecule has 9 heteroatoms. The van der Waals surface area contributed by atoms with Gasteiger partial charge in [-0.15, -0.1) is 0 Å². The zero-order valence-corrected chi connectivity index (χ0v) is 19.2. The van der Waals surface area contributed by atoms with Crippen LogP contribution in [0.1, 0.15) is 32.1 Å². The molecule has 2 aromatic carbocycles. The number of sulfonamides is 1. The van der Waals surface area contributed by atoms with Gasteiger partial charge in [-0.1, -0.05) is 30.9 Å². The van der Waals surface area contributed by atoms with Crippen molar-refractivity contribution in [1.29, 1.82) is 0 Å². The average molecular weight is 467 g/mol. The van der Waals surface area contributed by atoms with Gasteiger partial charge in [0.1, 0.15) is 11.5 Å². The highest BCUT2D eigenvalue weighted by atomic mass is 35.5. The Bertz CT molecular complexity index is 1010. The van der Waals surface area contributed by atoms with Crippen LogP contribution in [0.3, 0.4) is 0 Å². The Hall–Kier alpha value is -2.29. The molecule has 0 radical (unpaired) electrons. The van der Waals surface area contributed by atoms with E-state index in [2.05, 4.69) is 5.32 Å². The molecule has 0 unspecified atom stereocenters. The molecule has 1 fully saturated rings. The van der Waals surface area contributed by atoms with Crippen LogP contribution in [-0.2, 0) is 14.8 Å². The Morgan fingerprint density at radius 1 is 1.06 bits per heavy atom. The Morgan fingerprint density at radius 2 is 1.74 bits per heavy atom. The SMILES string of the molecule is COc1ccc(NC(=O)CN(C2CCCCC2)S(=O)(=O)c2ccc(Cl)cc2)c(OC)c1. The van der Waals surface area contributed by atoms with Gasteiger partial charge in [0.25, 0.3) is 0 Å². The molecule has 0 heterocycles. The molecule has 1 aliphatic rings. The van der Waals surface area contributed by atoms with Crippen molar-refractivity contribution in [3.63, 3.8) is 0 Å². The lowest BCUT2D eigenvalue weighted by Crippen LogP contribution is -2.45. The van der Waals surface area contributed by atoms with Crippen LogP contribution in [0.4, 0.5) is 5.69 Å². The Balaban J connectivity index is 1.85. The number of carbonyl (C=O) groups is 1. The molecule has 0 aliphatic heterocycles. The highest BCUT2D eigenvalue weighted by Crippen LogP contribution is 2.31. The number of hydrogen-bond acceptors (Lipinski definition) is 5. The normalized spacial score (nSPS) is 15.0. The quantitative estimate of drug-likeness (QED) is 0.626. The summed E-state index contributed by atoms with van der Waals surface area (Å²) < 4.78 is 38.6. The molecule has 1 saturated carbocycles. The van der Waals surface area contributed by atoms with Gasteiger partial charge in [0.05, 0.1) is 31.3 Å². The number of rotatable bonds is 8. The predicted molar refractivity (Wildman–Crippen MR) is 120 cm³/mol. The Kier molecular flexibility index (Phi) is 7.80. The van der Waals surface area contributed by atoms with E-state index < -0.39 is 15.9 Å². The summed E-state index contributed by atoms with van der Waals surface area (Å²) >= 11 is 5.92. The van der Waals surface area contributed by atoms with Gasteiger partial charge in [-0.05, 0) is 49.2 Å². The fourth-order valence-corrected chi connectivity index (χ4v) is 5.52. The third-order valence-electron chi connectivity index (χ3n) is 5.38. The molecular formula is C22H27ClN2O5S. The zero-order valence-electron chi connectivity index (χ0n) is 17.6. The van der Waals surface area contributed by atoms with E-state index in [9.17, 15) is 13.2 Å². The number of nitrogens with zero attached hydrogens (tertiary/aromatic N) is 1. The standard InChI is InChI=1S/C22H27ClN2O5S/c1-29-18-10-13-20(21(14-18)30-2)24-22(26)15-25(17-6-4-3-5-7-17)31(27,28)19-11-8-16(23)9-12-19/h8-14,17H,3-7,15H2,1-2H3,(H,24,26). The molecule has 2 aromatic rings. The van der Waals surface area contributed by atoms with Gasteiger partial charge >= 0.3 is 0 Å². The third kappa shape index (κ3) is 5.70. The smallest absolute Gasteiger partial charge is 0.243 e. The minimum absolute atomic E-state index is 0.123. The van der Waals surface area contributed by atoms with E-state index in [1.807, 2.05) is 0 Å². The molecule has 1 N–H and O–H groups in total. The minimum Gasteiger partial charge on any atom is -0.497 e. The number of anilines is 1. The second-order valence-corrected chi connectivity index (χ2v) is 9.74. The van der Waals surface area contributed by atoms with Crippen molar-refractivity contribution in [3.8, 4) is 11.5 Å². The van der Waals surface area contributed by atoms with E-state index in [1.165, 1.54) is 42.8 Å². The molecule has 0 bridgehead atoms. The van der Waals surface area contributed by atoms with Gasteiger partial charge in [0.2, 0.25) is 15.9 Å². The maximum absolute atomic E-state index is 13.4. The summed E-state index contributed by atoms with van der Waals surface area (Å²) in [6.45, 7) is -0.287. The fraction of sp³-hybridized carbons (Fsp3) is 0.409. The van der Waals surface area contributed by atoms with Crippen molar-refractivity contribution in [2.24, 2.45) is 0 Å². The lowest BCUT2D eigenvalue weighted by Gasteiger charge is -2.33. The number of ether oxygens (including phenoxy) is 2. The molecule has 0 atom stereocenters. The summed E-state index contributed by atoms with van der Waals surface area (Å²) in [5.74, 6) is 0.577. The molecule has 1 amide bonds. The number of halogens is 1. The van der Waals surface area contributed by atoms with E-state index in [0.29, 0.717) is 22.2 Å². The van der Waals surface area contributed by atoms with E-state index in [1.54, 1.807) is 18.2 Å².